The first-order chi connectivity index (χ1) is 15.4. The molecule has 1 fully saturated rings. The zero-order valence-corrected chi connectivity index (χ0v) is 17.7. The van der Waals surface area contributed by atoms with E-state index < -0.39 is 29.1 Å². The van der Waals surface area contributed by atoms with Crippen LogP contribution in [0.15, 0.2) is 62.9 Å². The molecule has 0 aliphatic heterocycles. The van der Waals surface area contributed by atoms with E-state index in [0.29, 0.717) is 4.57 Å². The normalized spacial score (nSPS) is 14.7. The lowest BCUT2D eigenvalue weighted by Gasteiger charge is -2.26. The van der Waals surface area contributed by atoms with E-state index in [1.807, 2.05) is 30.3 Å². The molecular weight excluding hydrogens is 415 g/mol. The first-order valence-electron chi connectivity index (χ1n) is 10.5. The molecule has 1 atom stereocenters. The molecule has 0 spiro atoms. The second-order valence-corrected chi connectivity index (χ2v) is 8.01. The maximum atomic E-state index is 15.0. The third kappa shape index (κ3) is 3.91. The van der Waals surface area contributed by atoms with Gasteiger partial charge in [-0.15, -0.1) is 0 Å². The number of nitrogens with zero attached hydrogens (tertiary/aromatic N) is 3. The Morgan fingerprint density at radius 2 is 1.75 bits per heavy atom. The number of halogens is 1. The molecule has 9 heteroatoms. The van der Waals surface area contributed by atoms with Crippen LogP contribution in [0.1, 0.15) is 31.0 Å². The molecule has 32 heavy (non-hydrogen) atoms. The van der Waals surface area contributed by atoms with Crippen LogP contribution < -0.4 is 27.5 Å². The van der Waals surface area contributed by atoms with Gasteiger partial charge in [-0.2, -0.15) is 0 Å². The SMILES string of the molecule is COc1cccc(-n2c(=O)n(CC3CCC3)c(=O)n([C@@H](N)Cc3ccccc3)c2=O)c1F. The minimum absolute atomic E-state index is 0.120. The van der Waals surface area contributed by atoms with Crippen molar-refractivity contribution in [2.45, 2.75) is 38.4 Å². The lowest BCUT2D eigenvalue weighted by atomic mass is 9.85. The number of methoxy groups -OCH3 is 1. The third-order valence-corrected chi connectivity index (χ3v) is 5.95. The molecule has 1 heterocycles. The highest BCUT2D eigenvalue weighted by atomic mass is 19.1. The van der Waals surface area contributed by atoms with E-state index in [1.165, 1.54) is 25.3 Å². The van der Waals surface area contributed by atoms with Gasteiger partial charge < -0.3 is 10.5 Å². The van der Waals surface area contributed by atoms with Crippen LogP contribution >= 0.6 is 0 Å². The minimum atomic E-state index is -1.04. The van der Waals surface area contributed by atoms with Gasteiger partial charge in [0.1, 0.15) is 0 Å². The predicted octanol–water partition coefficient (Wildman–Crippen LogP) is 1.81. The summed E-state index contributed by atoms with van der Waals surface area (Å²) in [5.41, 5.74) is 4.16. The summed E-state index contributed by atoms with van der Waals surface area (Å²) in [6, 6.07) is 13.3. The largest absolute Gasteiger partial charge is 0.494 e. The summed E-state index contributed by atoms with van der Waals surface area (Å²) in [6.45, 7) is 0.154. The van der Waals surface area contributed by atoms with Gasteiger partial charge in [-0.25, -0.2) is 32.5 Å². The van der Waals surface area contributed by atoms with Gasteiger partial charge in [0, 0.05) is 13.0 Å². The van der Waals surface area contributed by atoms with Crippen LogP contribution in [0.5, 0.6) is 5.75 Å². The third-order valence-electron chi connectivity index (χ3n) is 5.95. The summed E-state index contributed by atoms with van der Waals surface area (Å²) in [6.07, 6.45) is 1.94. The molecule has 0 saturated heterocycles. The Morgan fingerprint density at radius 3 is 2.38 bits per heavy atom. The van der Waals surface area contributed by atoms with Gasteiger partial charge >= 0.3 is 17.1 Å². The molecular formula is C23H25FN4O4. The number of nitrogens with two attached hydrogens (primary N) is 1. The van der Waals surface area contributed by atoms with Crippen molar-refractivity contribution in [2.75, 3.05) is 7.11 Å². The molecule has 4 rings (SSSR count). The van der Waals surface area contributed by atoms with E-state index in [9.17, 15) is 14.4 Å². The van der Waals surface area contributed by atoms with Crippen molar-refractivity contribution in [2.24, 2.45) is 11.7 Å². The Balaban J connectivity index is 1.92. The highest BCUT2D eigenvalue weighted by Crippen LogP contribution is 2.27. The Kier molecular flexibility index (Phi) is 6.09. The van der Waals surface area contributed by atoms with Gasteiger partial charge in [0.2, 0.25) is 0 Å². The topological polar surface area (TPSA) is 101 Å². The zero-order chi connectivity index (χ0) is 22.8. The molecule has 3 aromatic rings. The highest BCUT2D eigenvalue weighted by molar-refractivity contribution is 5.41. The van der Waals surface area contributed by atoms with Crippen LogP contribution in [0.25, 0.3) is 5.69 Å². The van der Waals surface area contributed by atoms with Crippen LogP contribution in [0.3, 0.4) is 0 Å². The number of benzene rings is 2. The van der Waals surface area contributed by atoms with Gasteiger partial charge in [0.25, 0.3) is 0 Å². The van der Waals surface area contributed by atoms with Crippen LogP contribution in [0.4, 0.5) is 4.39 Å². The molecule has 168 valence electrons. The second kappa shape index (κ2) is 8.96. The number of hydrogen-bond donors (Lipinski definition) is 1. The number of hydrogen-bond acceptors (Lipinski definition) is 5. The van der Waals surface area contributed by atoms with E-state index in [4.69, 9.17) is 10.5 Å². The maximum absolute atomic E-state index is 15.0. The molecule has 8 nitrogen and oxygen atoms in total. The first-order valence-corrected chi connectivity index (χ1v) is 10.5. The fourth-order valence-corrected chi connectivity index (χ4v) is 3.96. The number of aromatic nitrogens is 3. The van der Waals surface area contributed by atoms with Crippen molar-refractivity contribution in [3.63, 3.8) is 0 Å². The van der Waals surface area contributed by atoms with Crippen molar-refractivity contribution < 1.29 is 9.13 Å². The van der Waals surface area contributed by atoms with Crippen molar-refractivity contribution in [3.8, 4) is 11.4 Å². The highest BCUT2D eigenvalue weighted by Gasteiger charge is 2.26. The quantitative estimate of drug-likeness (QED) is 0.604. The summed E-state index contributed by atoms with van der Waals surface area (Å²) in [5, 5.41) is 0. The molecule has 0 unspecified atom stereocenters. The molecule has 0 bridgehead atoms. The van der Waals surface area contributed by atoms with E-state index in [0.717, 1.165) is 34.0 Å². The molecule has 1 aliphatic rings. The Bertz CT molecular complexity index is 1290. The summed E-state index contributed by atoms with van der Waals surface area (Å²) >= 11 is 0. The fraction of sp³-hybridized carbons (Fsp3) is 0.348. The predicted molar refractivity (Wildman–Crippen MR) is 118 cm³/mol. The molecule has 2 N–H and O–H groups in total. The second-order valence-electron chi connectivity index (χ2n) is 8.01. The zero-order valence-electron chi connectivity index (χ0n) is 17.7. The van der Waals surface area contributed by atoms with Gasteiger partial charge in [0.15, 0.2) is 11.6 Å². The fourth-order valence-electron chi connectivity index (χ4n) is 3.96. The molecule has 0 radical (unpaired) electrons. The standard InChI is InChI=1S/C23H25FN4O4/c1-32-18-12-6-11-17(20(18)24)27-21(29)26(14-16-9-5-10-16)22(30)28(23(27)31)19(25)13-15-7-3-2-4-8-15/h2-4,6-8,11-12,16,19H,5,9-10,13-14,25H2,1H3/t19-/m1/s1. The average Bonchev–Trinajstić information content (AvgIpc) is 2.74. The molecule has 1 aromatic heterocycles. The summed E-state index contributed by atoms with van der Waals surface area (Å²) in [4.78, 5) is 39.8. The van der Waals surface area contributed by atoms with Crippen LogP contribution in [-0.4, -0.2) is 20.8 Å². The van der Waals surface area contributed by atoms with Gasteiger partial charge in [-0.3, -0.25) is 0 Å². The van der Waals surface area contributed by atoms with E-state index in [1.54, 1.807) is 0 Å². The Morgan fingerprint density at radius 1 is 1.03 bits per heavy atom. The first kappa shape index (κ1) is 21.8. The van der Waals surface area contributed by atoms with E-state index in [-0.39, 0.29) is 30.3 Å². The van der Waals surface area contributed by atoms with E-state index in [2.05, 4.69) is 0 Å². The van der Waals surface area contributed by atoms with E-state index >= 15 is 4.39 Å². The summed E-state index contributed by atoms with van der Waals surface area (Å²) < 4.78 is 22.5. The smallest absolute Gasteiger partial charge is 0.342 e. The molecule has 2 aromatic carbocycles. The number of ether oxygens (including phenoxy) is 1. The van der Waals surface area contributed by atoms with Crippen LogP contribution in [-0.2, 0) is 13.0 Å². The van der Waals surface area contributed by atoms with Gasteiger partial charge in [0.05, 0.1) is 19.0 Å². The Hall–Kier alpha value is -3.46. The van der Waals surface area contributed by atoms with Crippen LogP contribution in [0, 0.1) is 11.7 Å². The van der Waals surface area contributed by atoms with Crippen LogP contribution in [0.2, 0.25) is 0 Å². The average molecular weight is 440 g/mol. The minimum Gasteiger partial charge on any atom is -0.494 e. The molecule has 1 aliphatic carbocycles. The lowest BCUT2D eigenvalue weighted by molar-refractivity contribution is 0.259. The van der Waals surface area contributed by atoms with Crippen molar-refractivity contribution in [1.82, 2.24) is 13.7 Å². The maximum Gasteiger partial charge on any atom is 0.342 e. The monoisotopic (exact) mass is 440 g/mol. The van der Waals surface area contributed by atoms with Crippen molar-refractivity contribution in [3.05, 3.63) is 91.4 Å². The molecule has 1 saturated carbocycles. The van der Waals surface area contributed by atoms with Gasteiger partial charge in [-0.05, 0) is 36.5 Å². The Labute approximate surface area is 183 Å². The molecule has 0 amide bonds. The summed E-state index contributed by atoms with van der Waals surface area (Å²) in [5.74, 6) is -0.836. The van der Waals surface area contributed by atoms with Gasteiger partial charge in [-0.1, -0.05) is 42.8 Å². The lowest BCUT2D eigenvalue weighted by Crippen LogP contribution is -2.57. The number of rotatable bonds is 7. The summed E-state index contributed by atoms with van der Waals surface area (Å²) in [7, 11) is 1.29. The van der Waals surface area contributed by atoms with Crippen molar-refractivity contribution >= 4 is 0 Å². The van der Waals surface area contributed by atoms with Crippen molar-refractivity contribution in [1.29, 1.82) is 0 Å².